The first-order valence-corrected chi connectivity index (χ1v) is 10.2. The Labute approximate surface area is 188 Å². The van der Waals surface area contributed by atoms with Gasteiger partial charge in [-0.3, -0.25) is 4.79 Å². The fourth-order valence-corrected chi connectivity index (χ4v) is 3.38. The Morgan fingerprint density at radius 2 is 1.90 bits per heavy atom. The number of anilines is 1. The van der Waals surface area contributed by atoms with Gasteiger partial charge in [-0.25, -0.2) is 14.5 Å². The van der Waals surface area contributed by atoms with Crippen molar-refractivity contribution in [1.29, 1.82) is 0 Å². The molecule has 0 aliphatic rings. The summed E-state index contributed by atoms with van der Waals surface area (Å²) in [5, 5.41) is 23.4. The Hall–Kier alpha value is -3.17. The smallest absolute Gasteiger partial charge is 0.328 e. The van der Waals surface area contributed by atoms with Gasteiger partial charge in [-0.1, -0.05) is 40.5 Å². The van der Waals surface area contributed by atoms with Gasteiger partial charge in [0.25, 0.3) is 5.91 Å². The highest BCUT2D eigenvalue weighted by atomic mass is 35.5. The van der Waals surface area contributed by atoms with Gasteiger partial charge >= 0.3 is 5.97 Å². The van der Waals surface area contributed by atoms with Crippen molar-refractivity contribution < 1.29 is 14.7 Å². The number of hydrogen-bond donors (Lipinski definition) is 3. The number of carbonyl (C=O) groups excluding carboxylic acids is 1. The number of amides is 1. The average molecular weight is 463 g/mol. The summed E-state index contributed by atoms with van der Waals surface area (Å²) in [5.41, 5.74) is 0.740. The van der Waals surface area contributed by atoms with E-state index in [0.717, 1.165) is 12.2 Å². The van der Waals surface area contributed by atoms with Crippen LogP contribution >= 0.6 is 23.2 Å². The molecule has 0 fully saturated rings. The van der Waals surface area contributed by atoms with Crippen LogP contribution in [0.5, 0.6) is 0 Å². The lowest BCUT2D eigenvalue weighted by molar-refractivity contribution is -0.139. The maximum atomic E-state index is 12.5. The van der Waals surface area contributed by atoms with Crippen LogP contribution in [0.2, 0.25) is 10.0 Å². The third kappa shape index (κ3) is 6.40. The Kier molecular flexibility index (Phi) is 7.80. The molecule has 1 unspecified atom stereocenters. The van der Waals surface area contributed by atoms with Crippen molar-refractivity contribution in [2.24, 2.45) is 0 Å². The van der Waals surface area contributed by atoms with Crippen molar-refractivity contribution in [3.8, 4) is 0 Å². The van der Waals surface area contributed by atoms with Crippen molar-refractivity contribution in [2.75, 3.05) is 11.9 Å². The fourth-order valence-electron chi connectivity index (χ4n) is 2.81. The third-order valence-electron chi connectivity index (χ3n) is 4.33. The molecule has 3 aromatic rings. The third-order valence-corrected chi connectivity index (χ3v) is 4.96. The number of nitrogens with one attached hydrogen (secondary N) is 2. The van der Waals surface area contributed by atoms with E-state index in [1.54, 1.807) is 18.5 Å². The van der Waals surface area contributed by atoms with Crippen molar-refractivity contribution in [3.63, 3.8) is 0 Å². The number of halogens is 2. The maximum absolute atomic E-state index is 12.5. The highest BCUT2D eigenvalue weighted by molar-refractivity contribution is 6.39. The summed E-state index contributed by atoms with van der Waals surface area (Å²) >= 11 is 12.0. The molecule has 3 N–H and O–H groups in total. The van der Waals surface area contributed by atoms with Crippen molar-refractivity contribution in [1.82, 2.24) is 25.3 Å². The number of nitrogens with zero attached hydrogens (tertiary/aromatic N) is 4. The topological polar surface area (TPSA) is 122 Å². The minimum Gasteiger partial charge on any atom is -0.480 e. The summed E-state index contributed by atoms with van der Waals surface area (Å²) in [5.74, 6) is -1.10. The average Bonchev–Trinajstić information content (AvgIpc) is 3.18. The van der Waals surface area contributed by atoms with Gasteiger partial charge in [0, 0.05) is 18.9 Å². The molecule has 0 aliphatic carbocycles. The Morgan fingerprint density at radius 3 is 2.58 bits per heavy atom. The van der Waals surface area contributed by atoms with E-state index in [2.05, 4.69) is 25.9 Å². The zero-order chi connectivity index (χ0) is 22.2. The second kappa shape index (κ2) is 10.7. The molecule has 0 spiro atoms. The number of carbonyl (C=O) groups is 2. The van der Waals surface area contributed by atoms with Crippen LogP contribution in [0.15, 0.2) is 48.8 Å². The highest BCUT2D eigenvalue weighted by Gasteiger charge is 2.24. The lowest BCUT2D eigenvalue weighted by atomic mass is 10.2. The first-order valence-electron chi connectivity index (χ1n) is 9.45. The monoisotopic (exact) mass is 462 g/mol. The van der Waals surface area contributed by atoms with E-state index in [9.17, 15) is 14.7 Å². The summed E-state index contributed by atoms with van der Waals surface area (Å²) in [7, 11) is 0. The van der Waals surface area contributed by atoms with Gasteiger partial charge in [0.05, 0.1) is 27.8 Å². The normalized spacial score (nSPS) is 11.7. The second-order valence-corrected chi connectivity index (χ2v) is 7.45. The number of hydrogen-bond acceptors (Lipinski definition) is 6. The van der Waals surface area contributed by atoms with Gasteiger partial charge in [0.15, 0.2) is 0 Å². The second-order valence-electron chi connectivity index (χ2n) is 6.64. The number of aryl methyl sites for hydroxylation is 1. The van der Waals surface area contributed by atoms with Gasteiger partial charge in [-0.05, 0) is 37.1 Å². The lowest BCUT2D eigenvalue weighted by Gasteiger charge is -2.15. The van der Waals surface area contributed by atoms with Gasteiger partial charge < -0.3 is 15.7 Å². The molecule has 0 radical (unpaired) electrons. The van der Waals surface area contributed by atoms with E-state index in [4.69, 9.17) is 23.2 Å². The Balaban J connectivity index is 1.54. The van der Waals surface area contributed by atoms with Crippen molar-refractivity contribution >= 4 is 40.9 Å². The lowest BCUT2D eigenvalue weighted by Crippen LogP contribution is -2.44. The molecule has 1 atom stereocenters. The molecule has 1 aromatic carbocycles. The van der Waals surface area contributed by atoms with Gasteiger partial charge in [-0.15, -0.1) is 5.10 Å². The molecule has 1 amide bonds. The molecular formula is C20H20Cl2N6O3. The number of rotatable bonds is 10. The predicted molar refractivity (Wildman–Crippen MR) is 116 cm³/mol. The molecular weight excluding hydrogens is 443 g/mol. The first kappa shape index (κ1) is 22.5. The summed E-state index contributed by atoms with van der Waals surface area (Å²) in [6.45, 7) is 0.610. The van der Waals surface area contributed by atoms with Gasteiger partial charge in [0.2, 0.25) is 0 Å². The predicted octanol–water partition coefficient (Wildman–Crippen LogP) is 2.91. The molecule has 0 bridgehead atoms. The SMILES string of the molecule is O=C(NC(Cn1cc(CCCNc2ccccn2)nn1)C(=O)O)c1c(Cl)cccc1Cl. The maximum Gasteiger partial charge on any atom is 0.328 e. The van der Waals surface area contributed by atoms with Gasteiger partial charge in [-0.2, -0.15) is 0 Å². The number of aliphatic carboxylic acids is 1. The molecule has 162 valence electrons. The minimum atomic E-state index is -1.24. The standard InChI is InChI=1S/C20H20Cl2N6O3/c21-14-6-3-7-15(22)18(14)19(29)25-16(20(30)31)12-28-11-13(26-27-28)5-4-10-24-17-8-1-2-9-23-17/h1-3,6-9,11,16H,4-5,10,12H2,(H,23,24)(H,25,29)(H,30,31). The van der Waals surface area contributed by atoms with Crippen LogP contribution in [0.3, 0.4) is 0 Å². The molecule has 0 saturated carbocycles. The summed E-state index contributed by atoms with van der Waals surface area (Å²) in [6, 6.07) is 9.00. The molecule has 2 heterocycles. The van der Waals surface area contributed by atoms with Gasteiger partial charge in [0.1, 0.15) is 11.9 Å². The summed E-state index contributed by atoms with van der Waals surface area (Å²) in [4.78, 5) is 28.3. The molecule has 0 aliphatic heterocycles. The Morgan fingerprint density at radius 1 is 1.13 bits per heavy atom. The first-order chi connectivity index (χ1) is 14.9. The largest absolute Gasteiger partial charge is 0.480 e. The van der Waals surface area contributed by atoms with E-state index < -0.39 is 17.9 Å². The van der Waals surface area contributed by atoms with Crippen LogP contribution in [-0.2, 0) is 17.8 Å². The molecule has 2 aromatic heterocycles. The number of pyridine rings is 1. The highest BCUT2D eigenvalue weighted by Crippen LogP contribution is 2.24. The summed E-state index contributed by atoms with van der Waals surface area (Å²) in [6.07, 6.45) is 4.81. The molecule has 3 rings (SSSR count). The van der Waals surface area contributed by atoms with E-state index >= 15 is 0 Å². The number of carboxylic acid groups (broad SMARTS) is 1. The van der Waals surface area contributed by atoms with E-state index in [0.29, 0.717) is 18.7 Å². The minimum absolute atomic E-state index is 0.0248. The zero-order valence-corrected chi connectivity index (χ0v) is 17.8. The van der Waals surface area contributed by atoms with E-state index in [1.165, 1.54) is 16.8 Å². The summed E-state index contributed by atoms with van der Waals surface area (Å²) < 4.78 is 1.38. The van der Waals surface area contributed by atoms with Crippen molar-refractivity contribution in [2.45, 2.75) is 25.4 Å². The van der Waals surface area contributed by atoms with Crippen molar-refractivity contribution in [3.05, 3.63) is 70.1 Å². The van der Waals surface area contributed by atoms with Crippen LogP contribution in [0.25, 0.3) is 0 Å². The van der Waals surface area contributed by atoms with Crippen LogP contribution in [0, 0.1) is 0 Å². The quantitative estimate of drug-likeness (QED) is 0.395. The van der Waals surface area contributed by atoms with E-state index in [-0.39, 0.29) is 22.2 Å². The van der Waals surface area contributed by atoms with Crippen LogP contribution in [0.4, 0.5) is 5.82 Å². The molecule has 11 heteroatoms. The Bertz CT molecular complexity index is 1020. The number of carboxylic acids is 1. The number of aromatic nitrogens is 4. The van der Waals surface area contributed by atoms with Crippen LogP contribution < -0.4 is 10.6 Å². The van der Waals surface area contributed by atoms with E-state index in [1.807, 2.05) is 18.2 Å². The zero-order valence-electron chi connectivity index (χ0n) is 16.3. The molecule has 0 saturated heterocycles. The number of benzene rings is 1. The van der Waals surface area contributed by atoms with Crippen LogP contribution in [-0.4, -0.2) is 49.5 Å². The molecule has 31 heavy (non-hydrogen) atoms. The van der Waals surface area contributed by atoms with Crippen LogP contribution in [0.1, 0.15) is 22.5 Å². The fraction of sp³-hybridized carbons (Fsp3) is 0.250. The molecule has 9 nitrogen and oxygen atoms in total.